The van der Waals surface area contributed by atoms with E-state index in [0.29, 0.717) is 32.0 Å². The van der Waals surface area contributed by atoms with Crippen LogP contribution in [0, 0.1) is 11.7 Å². The maximum absolute atomic E-state index is 13.2. The Morgan fingerprint density at radius 1 is 1.20 bits per heavy atom. The lowest BCUT2D eigenvalue weighted by Gasteiger charge is -2.38. The normalized spacial score (nSPS) is 24.9. The molecular weight excluding hydrogens is 387 g/mol. The molecule has 0 spiro atoms. The van der Waals surface area contributed by atoms with Crippen molar-refractivity contribution < 1.29 is 23.5 Å². The number of alkyl carbamates (subject to hydrolysis) is 1. The van der Waals surface area contributed by atoms with E-state index >= 15 is 0 Å². The van der Waals surface area contributed by atoms with Gasteiger partial charge in [0.15, 0.2) is 6.10 Å². The topological polar surface area (TPSA) is 67.9 Å². The summed E-state index contributed by atoms with van der Waals surface area (Å²) in [6.07, 6.45) is 3.04. The van der Waals surface area contributed by atoms with Crippen molar-refractivity contribution in [2.75, 3.05) is 19.7 Å². The molecule has 2 amide bonds. The lowest BCUT2D eigenvalue weighted by molar-refractivity contribution is -0.150. The summed E-state index contributed by atoms with van der Waals surface area (Å²) in [5.74, 6) is 0.0192. The molecule has 1 aromatic carbocycles. The third-order valence-corrected chi connectivity index (χ3v) is 5.54. The highest BCUT2D eigenvalue weighted by Crippen LogP contribution is 2.24. The fourth-order valence-electron chi connectivity index (χ4n) is 4.20. The van der Waals surface area contributed by atoms with Crippen LogP contribution in [-0.4, -0.2) is 54.3 Å². The van der Waals surface area contributed by atoms with E-state index in [2.05, 4.69) is 5.32 Å². The van der Waals surface area contributed by atoms with E-state index in [1.165, 1.54) is 12.1 Å². The van der Waals surface area contributed by atoms with Crippen LogP contribution >= 0.6 is 0 Å². The number of likely N-dealkylation sites (tertiary alicyclic amines) is 1. The van der Waals surface area contributed by atoms with Crippen molar-refractivity contribution in [3.63, 3.8) is 0 Å². The van der Waals surface area contributed by atoms with Crippen LogP contribution in [-0.2, 0) is 20.7 Å². The largest absolute Gasteiger partial charge is 0.444 e. The van der Waals surface area contributed by atoms with Crippen LogP contribution in [0.3, 0.4) is 0 Å². The minimum Gasteiger partial charge on any atom is -0.444 e. The molecule has 2 aliphatic rings. The van der Waals surface area contributed by atoms with Crippen LogP contribution in [0.2, 0.25) is 0 Å². The number of carbonyl (C=O) groups excluding carboxylic acids is 2. The van der Waals surface area contributed by atoms with E-state index in [0.717, 1.165) is 31.2 Å². The highest BCUT2D eigenvalue weighted by Gasteiger charge is 2.38. The zero-order valence-corrected chi connectivity index (χ0v) is 18.2. The zero-order valence-electron chi connectivity index (χ0n) is 18.2. The molecule has 30 heavy (non-hydrogen) atoms. The van der Waals surface area contributed by atoms with Gasteiger partial charge < -0.3 is 19.7 Å². The monoisotopic (exact) mass is 420 g/mol. The van der Waals surface area contributed by atoms with Gasteiger partial charge in [0.1, 0.15) is 11.4 Å². The second-order valence-electron chi connectivity index (χ2n) is 9.31. The van der Waals surface area contributed by atoms with Crippen LogP contribution < -0.4 is 5.32 Å². The zero-order chi connectivity index (χ0) is 21.7. The van der Waals surface area contributed by atoms with Crippen molar-refractivity contribution in [3.05, 3.63) is 35.6 Å². The number of hydrogen-bond acceptors (Lipinski definition) is 4. The van der Waals surface area contributed by atoms with Crippen LogP contribution in [0.15, 0.2) is 24.3 Å². The predicted octanol–water partition coefficient (Wildman–Crippen LogP) is 3.68. The highest BCUT2D eigenvalue weighted by atomic mass is 19.1. The molecule has 0 unspecified atom stereocenters. The first-order chi connectivity index (χ1) is 14.2. The Morgan fingerprint density at radius 3 is 2.63 bits per heavy atom. The Morgan fingerprint density at radius 2 is 1.93 bits per heavy atom. The number of carbonyl (C=O) groups is 2. The summed E-state index contributed by atoms with van der Waals surface area (Å²) in [6, 6.07) is 6.18. The van der Waals surface area contributed by atoms with Crippen LogP contribution in [0.25, 0.3) is 0 Å². The standard InChI is InChI=1S/C23H33FN2O4/c1-23(2,3)30-22(28)25-19-7-5-13-29-20(19)21(27)26-12-4-6-17(15-26)14-16-8-10-18(24)11-9-16/h8-11,17,19-20H,4-7,12-15H2,1-3H3,(H,25,28)/t17-,19+,20+/m0/s1. The van der Waals surface area contributed by atoms with Gasteiger partial charge in [-0.15, -0.1) is 0 Å². The molecule has 0 radical (unpaired) electrons. The number of nitrogens with zero attached hydrogens (tertiary/aromatic N) is 1. The molecular formula is C23H33FN2O4. The Balaban J connectivity index is 1.59. The quantitative estimate of drug-likeness (QED) is 0.807. The number of piperidine rings is 1. The van der Waals surface area contributed by atoms with Crippen LogP contribution in [0.1, 0.15) is 52.0 Å². The van der Waals surface area contributed by atoms with Gasteiger partial charge in [-0.3, -0.25) is 4.79 Å². The number of benzene rings is 1. The first-order valence-electron chi connectivity index (χ1n) is 10.9. The molecule has 6 nitrogen and oxygen atoms in total. The van der Waals surface area contributed by atoms with Gasteiger partial charge in [0, 0.05) is 19.7 Å². The second-order valence-corrected chi connectivity index (χ2v) is 9.31. The van der Waals surface area contributed by atoms with Gasteiger partial charge in [-0.1, -0.05) is 12.1 Å². The Labute approximate surface area is 178 Å². The smallest absolute Gasteiger partial charge is 0.407 e. The number of halogens is 1. The summed E-state index contributed by atoms with van der Waals surface area (Å²) in [5, 5.41) is 2.83. The second kappa shape index (κ2) is 9.77. The molecule has 2 heterocycles. The molecule has 2 aliphatic heterocycles. The number of amides is 2. The van der Waals surface area contributed by atoms with Gasteiger partial charge >= 0.3 is 6.09 Å². The van der Waals surface area contributed by atoms with Crippen molar-refractivity contribution in [3.8, 4) is 0 Å². The van der Waals surface area contributed by atoms with Crippen LogP contribution in [0.5, 0.6) is 0 Å². The van der Waals surface area contributed by atoms with Gasteiger partial charge in [0.2, 0.25) is 0 Å². The van der Waals surface area contributed by atoms with E-state index in [-0.39, 0.29) is 11.7 Å². The molecule has 1 N–H and O–H groups in total. The summed E-state index contributed by atoms with van der Waals surface area (Å²) < 4.78 is 24.3. The average molecular weight is 421 g/mol. The van der Waals surface area contributed by atoms with Gasteiger partial charge in [0.25, 0.3) is 5.91 Å². The molecule has 0 bridgehead atoms. The average Bonchev–Trinajstić information content (AvgIpc) is 2.68. The molecule has 7 heteroatoms. The SMILES string of the molecule is CC(C)(C)OC(=O)N[C@@H]1CCCO[C@H]1C(=O)N1CCC[C@@H](Cc2ccc(F)cc2)C1. The number of nitrogens with one attached hydrogen (secondary N) is 1. The van der Waals surface area contributed by atoms with Gasteiger partial charge in [0.05, 0.1) is 6.04 Å². The fraction of sp³-hybridized carbons (Fsp3) is 0.652. The third-order valence-electron chi connectivity index (χ3n) is 5.54. The summed E-state index contributed by atoms with van der Waals surface area (Å²) >= 11 is 0. The lowest BCUT2D eigenvalue weighted by Crippen LogP contribution is -2.56. The minimum atomic E-state index is -0.684. The maximum atomic E-state index is 13.2. The van der Waals surface area contributed by atoms with Gasteiger partial charge in [-0.05, 0) is 76.5 Å². The Kier molecular flexibility index (Phi) is 7.34. The van der Waals surface area contributed by atoms with Crippen molar-refractivity contribution in [2.45, 2.75) is 70.6 Å². The summed E-state index contributed by atoms with van der Waals surface area (Å²) in [5.41, 5.74) is 0.480. The van der Waals surface area contributed by atoms with Gasteiger partial charge in [-0.25, -0.2) is 9.18 Å². The van der Waals surface area contributed by atoms with E-state index in [1.807, 2.05) is 25.7 Å². The van der Waals surface area contributed by atoms with Crippen LogP contribution in [0.4, 0.5) is 9.18 Å². The van der Waals surface area contributed by atoms with E-state index < -0.39 is 23.8 Å². The van der Waals surface area contributed by atoms with Crippen molar-refractivity contribution in [1.29, 1.82) is 0 Å². The molecule has 1 aromatic rings. The summed E-state index contributed by atoms with van der Waals surface area (Å²) in [7, 11) is 0. The molecule has 3 atom stereocenters. The summed E-state index contributed by atoms with van der Waals surface area (Å²) in [4.78, 5) is 27.3. The van der Waals surface area contributed by atoms with Gasteiger partial charge in [-0.2, -0.15) is 0 Å². The predicted molar refractivity (Wildman–Crippen MR) is 112 cm³/mol. The molecule has 2 saturated heterocycles. The van der Waals surface area contributed by atoms with E-state index in [4.69, 9.17) is 9.47 Å². The highest BCUT2D eigenvalue weighted by molar-refractivity contribution is 5.83. The molecule has 2 fully saturated rings. The Bertz CT molecular complexity index is 732. The first-order valence-corrected chi connectivity index (χ1v) is 10.9. The van der Waals surface area contributed by atoms with E-state index in [9.17, 15) is 14.0 Å². The van der Waals surface area contributed by atoms with Crippen molar-refractivity contribution in [1.82, 2.24) is 10.2 Å². The fourth-order valence-corrected chi connectivity index (χ4v) is 4.20. The first kappa shape index (κ1) is 22.5. The molecule has 166 valence electrons. The maximum Gasteiger partial charge on any atom is 0.407 e. The molecule has 3 rings (SSSR count). The molecule has 0 saturated carbocycles. The Hall–Kier alpha value is -2.15. The number of ether oxygens (including phenoxy) is 2. The minimum absolute atomic E-state index is 0.0698. The summed E-state index contributed by atoms with van der Waals surface area (Å²) in [6.45, 7) is 7.27. The number of hydrogen-bond donors (Lipinski definition) is 1. The molecule has 0 aromatic heterocycles. The number of rotatable bonds is 4. The van der Waals surface area contributed by atoms with Crippen molar-refractivity contribution >= 4 is 12.0 Å². The van der Waals surface area contributed by atoms with Crippen molar-refractivity contribution in [2.24, 2.45) is 5.92 Å². The lowest BCUT2D eigenvalue weighted by atomic mass is 9.90. The molecule has 0 aliphatic carbocycles. The third kappa shape index (κ3) is 6.42. The van der Waals surface area contributed by atoms with E-state index in [1.54, 1.807) is 12.1 Å².